The number of methoxy groups -OCH3 is 1. The number of anilines is 3. The lowest BCUT2D eigenvalue weighted by atomic mass is 10.1. The Hall–Kier alpha value is -3.67. The van der Waals surface area contributed by atoms with Crippen molar-refractivity contribution in [3.8, 4) is 0 Å². The number of aryl methyl sites for hydroxylation is 1. The fourth-order valence-electron chi connectivity index (χ4n) is 2.54. The Kier molecular flexibility index (Phi) is 5.47. The van der Waals surface area contributed by atoms with Crippen LogP contribution in [-0.4, -0.2) is 24.0 Å². The highest BCUT2D eigenvalue weighted by atomic mass is 16.5. The smallest absolute Gasteiger partial charge is 0.339 e. The number of hydrogen-bond acceptors (Lipinski definition) is 5. The predicted octanol–water partition coefficient (Wildman–Crippen LogP) is 4.17. The standard InChI is InChI=1S/C21H19N3O3/c1-14-7-3-5-9-17(14)23-15-11-12-19(22-13-15)20(25)24-18-10-6-4-8-16(18)21(26)27-2/h3-13,23H,1-2H3,(H,24,25). The summed E-state index contributed by atoms with van der Waals surface area (Å²) in [4.78, 5) is 28.5. The van der Waals surface area contributed by atoms with Gasteiger partial charge in [-0.25, -0.2) is 9.78 Å². The van der Waals surface area contributed by atoms with Crippen LogP contribution in [0.4, 0.5) is 17.1 Å². The molecule has 0 fully saturated rings. The number of carbonyl (C=O) groups excluding carboxylic acids is 2. The number of para-hydroxylation sites is 2. The summed E-state index contributed by atoms with van der Waals surface area (Å²) < 4.78 is 4.73. The third-order valence-corrected chi connectivity index (χ3v) is 4.00. The summed E-state index contributed by atoms with van der Waals surface area (Å²) in [6, 6.07) is 18.0. The van der Waals surface area contributed by atoms with Gasteiger partial charge >= 0.3 is 5.97 Å². The van der Waals surface area contributed by atoms with Crippen LogP contribution in [0.5, 0.6) is 0 Å². The van der Waals surface area contributed by atoms with Crippen molar-refractivity contribution < 1.29 is 14.3 Å². The number of hydrogen-bond donors (Lipinski definition) is 2. The first-order chi connectivity index (χ1) is 13.1. The number of benzene rings is 2. The molecule has 0 unspecified atom stereocenters. The number of nitrogens with one attached hydrogen (secondary N) is 2. The van der Waals surface area contributed by atoms with E-state index in [0.717, 1.165) is 16.9 Å². The van der Waals surface area contributed by atoms with Crippen molar-refractivity contribution in [3.05, 3.63) is 83.7 Å². The van der Waals surface area contributed by atoms with Gasteiger partial charge in [0.2, 0.25) is 0 Å². The summed E-state index contributed by atoms with van der Waals surface area (Å²) in [5.41, 5.74) is 3.76. The molecule has 1 heterocycles. The van der Waals surface area contributed by atoms with Crippen LogP contribution >= 0.6 is 0 Å². The lowest BCUT2D eigenvalue weighted by Crippen LogP contribution is -2.16. The van der Waals surface area contributed by atoms with Crippen molar-refractivity contribution in [1.29, 1.82) is 0 Å². The second kappa shape index (κ2) is 8.14. The van der Waals surface area contributed by atoms with Crippen LogP contribution in [0.25, 0.3) is 0 Å². The van der Waals surface area contributed by atoms with Gasteiger partial charge in [-0.2, -0.15) is 0 Å². The molecule has 0 atom stereocenters. The molecule has 0 bridgehead atoms. The van der Waals surface area contributed by atoms with Crippen molar-refractivity contribution in [2.24, 2.45) is 0 Å². The summed E-state index contributed by atoms with van der Waals surface area (Å²) in [5, 5.41) is 5.96. The van der Waals surface area contributed by atoms with Crippen LogP contribution in [0.3, 0.4) is 0 Å². The number of carbonyl (C=O) groups is 2. The Morgan fingerprint density at radius 1 is 0.926 bits per heavy atom. The normalized spacial score (nSPS) is 10.1. The third-order valence-electron chi connectivity index (χ3n) is 4.00. The zero-order valence-corrected chi connectivity index (χ0v) is 15.0. The van der Waals surface area contributed by atoms with Crippen molar-refractivity contribution >= 4 is 28.9 Å². The molecule has 0 aliphatic carbocycles. The first kappa shape index (κ1) is 18.1. The molecule has 6 heteroatoms. The van der Waals surface area contributed by atoms with E-state index < -0.39 is 11.9 Å². The van der Waals surface area contributed by atoms with Gasteiger partial charge in [0, 0.05) is 5.69 Å². The van der Waals surface area contributed by atoms with E-state index in [2.05, 4.69) is 15.6 Å². The molecular weight excluding hydrogens is 342 g/mol. The topological polar surface area (TPSA) is 80.3 Å². The van der Waals surface area contributed by atoms with Crippen LogP contribution in [0.15, 0.2) is 66.9 Å². The number of pyridine rings is 1. The van der Waals surface area contributed by atoms with E-state index in [1.165, 1.54) is 7.11 Å². The minimum absolute atomic E-state index is 0.241. The second-order valence-electron chi connectivity index (χ2n) is 5.86. The van der Waals surface area contributed by atoms with Crippen molar-refractivity contribution in [2.75, 3.05) is 17.7 Å². The Balaban J connectivity index is 1.73. The molecule has 2 N–H and O–H groups in total. The molecule has 136 valence electrons. The van der Waals surface area contributed by atoms with E-state index in [9.17, 15) is 9.59 Å². The Morgan fingerprint density at radius 2 is 1.63 bits per heavy atom. The van der Waals surface area contributed by atoms with E-state index in [0.29, 0.717) is 5.69 Å². The monoisotopic (exact) mass is 361 g/mol. The largest absolute Gasteiger partial charge is 0.465 e. The molecule has 3 rings (SSSR count). The highest BCUT2D eigenvalue weighted by Gasteiger charge is 2.15. The summed E-state index contributed by atoms with van der Waals surface area (Å²) >= 11 is 0. The van der Waals surface area contributed by atoms with Gasteiger partial charge in [-0.3, -0.25) is 4.79 Å². The lowest BCUT2D eigenvalue weighted by molar-refractivity contribution is 0.0602. The molecule has 6 nitrogen and oxygen atoms in total. The molecule has 0 aliphatic rings. The maximum Gasteiger partial charge on any atom is 0.339 e. The third kappa shape index (κ3) is 4.30. The SMILES string of the molecule is COC(=O)c1ccccc1NC(=O)c1ccc(Nc2ccccc2C)cn1. The van der Waals surface area contributed by atoms with Crippen LogP contribution in [0, 0.1) is 6.92 Å². The molecule has 0 radical (unpaired) electrons. The van der Waals surface area contributed by atoms with Gasteiger partial charge in [0.25, 0.3) is 5.91 Å². The first-order valence-electron chi connectivity index (χ1n) is 8.36. The van der Waals surface area contributed by atoms with Gasteiger partial charge < -0.3 is 15.4 Å². The number of aromatic nitrogens is 1. The van der Waals surface area contributed by atoms with E-state index in [1.54, 1.807) is 42.6 Å². The lowest BCUT2D eigenvalue weighted by Gasteiger charge is -2.11. The number of amides is 1. The van der Waals surface area contributed by atoms with Crippen LogP contribution in [0.1, 0.15) is 26.4 Å². The Morgan fingerprint density at radius 3 is 2.30 bits per heavy atom. The average molecular weight is 361 g/mol. The van der Waals surface area contributed by atoms with Gasteiger partial charge in [0.05, 0.1) is 30.2 Å². The number of ether oxygens (including phenoxy) is 1. The van der Waals surface area contributed by atoms with Crippen molar-refractivity contribution in [1.82, 2.24) is 4.98 Å². The van der Waals surface area contributed by atoms with Gasteiger partial charge in [0.1, 0.15) is 5.69 Å². The quantitative estimate of drug-likeness (QED) is 0.667. The molecule has 3 aromatic rings. The average Bonchev–Trinajstić information content (AvgIpc) is 2.70. The van der Waals surface area contributed by atoms with Crippen molar-refractivity contribution in [2.45, 2.75) is 6.92 Å². The molecule has 27 heavy (non-hydrogen) atoms. The van der Waals surface area contributed by atoms with E-state index >= 15 is 0 Å². The number of rotatable bonds is 5. The molecule has 0 saturated carbocycles. The molecule has 1 aromatic heterocycles. The molecule has 1 amide bonds. The van der Waals surface area contributed by atoms with E-state index in [4.69, 9.17) is 4.74 Å². The van der Waals surface area contributed by atoms with Gasteiger partial charge in [-0.15, -0.1) is 0 Å². The van der Waals surface area contributed by atoms with Crippen molar-refractivity contribution in [3.63, 3.8) is 0 Å². The summed E-state index contributed by atoms with van der Waals surface area (Å²) in [7, 11) is 1.29. The first-order valence-corrected chi connectivity index (χ1v) is 8.36. The summed E-state index contributed by atoms with van der Waals surface area (Å²) in [5.74, 6) is -0.926. The van der Waals surface area contributed by atoms with Crippen LogP contribution in [-0.2, 0) is 4.74 Å². The summed E-state index contributed by atoms with van der Waals surface area (Å²) in [6.07, 6.45) is 1.59. The minimum Gasteiger partial charge on any atom is -0.465 e. The molecular formula is C21H19N3O3. The highest BCUT2D eigenvalue weighted by molar-refractivity contribution is 6.07. The number of nitrogens with zero attached hydrogens (tertiary/aromatic N) is 1. The molecule has 2 aromatic carbocycles. The van der Waals surface area contributed by atoms with Crippen LogP contribution in [0.2, 0.25) is 0 Å². The predicted molar refractivity (Wildman–Crippen MR) is 104 cm³/mol. The van der Waals surface area contributed by atoms with Gasteiger partial charge in [-0.1, -0.05) is 30.3 Å². The van der Waals surface area contributed by atoms with E-state index in [-0.39, 0.29) is 11.3 Å². The van der Waals surface area contributed by atoms with Crippen LogP contribution < -0.4 is 10.6 Å². The maximum absolute atomic E-state index is 12.5. The molecule has 0 spiro atoms. The zero-order chi connectivity index (χ0) is 19.2. The van der Waals surface area contributed by atoms with E-state index in [1.807, 2.05) is 31.2 Å². The molecule has 0 saturated heterocycles. The Bertz CT molecular complexity index is 968. The fourth-order valence-corrected chi connectivity index (χ4v) is 2.54. The Labute approximate surface area is 157 Å². The second-order valence-corrected chi connectivity index (χ2v) is 5.86. The molecule has 0 aliphatic heterocycles. The summed E-state index contributed by atoms with van der Waals surface area (Å²) in [6.45, 7) is 2.01. The van der Waals surface area contributed by atoms with Gasteiger partial charge in [0.15, 0.2) is 0 Å². The zero-order valence-electron chi connectivity index (χ0n) is 15.0. The maximum atomic E-state index is 12.5. The fraction of sp³-hybridized carbons (Fsp3) is 0.0952. The number of esters is 1. The van der Waals surface area contributed by atoms with Gasteiger partial charge in [-0.05, 0) is 42.8 Å². The minimum atomic E-state index is -0.517. The highest BCUT2D eigenvalue weighted by Crippen LogP contribution is 2.20.